The van der Waals surface area contributed by atoms with Crippen LogP contribution >= 0.6 is 0 Å². The summed E-state index contributed by atoms with van der Waals surface area (Å²) >= 11 is 0. The maximum Gasteiger partial charge on any atom is 0.261 e. The Balaban J connectivity index is 1.83. The normalized spacial score (nSPS) is 11.0. The molecule has 3 aromatic carbocycles. The lowest BCUT2D eigenvalue weighted by atomic mass is 10.1. The number of primary amides is 1. The Morgan fingerprint density at radius 3 is 2.40 bits per heavy atom. The highest BCUT2D eigenvalue weighted by atomic mass is 32.2. The van der Waals surface area contributed by atoms with Crippen molar-refractivity contribution in [3.63, 3.8) is 0 Å². The maximum absolute atomic E-state index is 13.7. The van der Waals surface area contributed by atoms with Gasteiger partial charge in [0.15, 0.2) is 0 Å². The van der Waals surface area contributed by atoms with Gasteiger partial charge in [0.25, 0.3) is 21.8 Å². The minimum absolute atomic E-state index is 0.117. The molecule has 0 aliphatic heterocycles. The largest absolute Gasteiger partial charge is 0.366 e. The molecule has 0 aromatic heterocycles. The summed E-state index contributed by atoms with van der Waals surface area (Å²) in [4.78, 5) is 23.8. The van der Waals surface area contributed by atoms with Crippen LogP contribution in [0, 0.1) is 12.7 Å². The van der Waals surface area contributed by atoms with Crippen molar-refractivity contribution in [2.75, 3.05) is 10.0 Å². The van der Waals surface area contributed by atoms with E-state index in [2.05, 4.69) is 10.0 Å². The van der Waals surface area contributed by atoms with E-state index < -0.39 is 27.7 Å². The van der Waals surface area contributed by atoms with E-state index in [1.165, 1.54) is 55.5 Å². The number of nitrogens with one attached hydrogen (secondary N) is 2. The summed E-state index contributed by atoms with van der Waals surface area (Å²) < 4.78 is 41.1. The second-order valence-electron chi connectivity index (χ2n) is 6.46. The molecular formula is C21H18FN3O4S. The maximum atomic E-state index is 13.7. The predicted molar refractivity (Wildman–Crippen MR) is 111 cm³/mol. The molecule has 7 nitrogen and oxygen atoms in total. The lowest BCUT2D eigenvalue weighted by Crippen LogP contribution is -2.18. The zero-order chi connectivity index (χ0) is 21.9. The molecule has 4 N–H and O–H groups in total. The first kappa shape index (κ1) is 21.0. The van der Waals surface area contributed by atoms with E-state index >= 15 is 0 Å². The van der Waals surface area contributed by atoms with E-state index in [1.807, 2.05) is 0 Å². The molecule has 0 radical (unpaired) electrons. The molecule has 3 rings (SSSR count). The van der Waals surface area contributed by atoms with Crippen LogP contribution in [-0.4, -0.2) is 20.2 Å². The average Bonchev–Trinajstić information content (AvgIpc) is 2.70. The highest BCUT2D eigenvalue weighted by molar-refractivity contribution is 7.92. The SMILES string of the molecule is Cc1ccc(S(=O)(=O)Nc2cccc(C(=O)Nc3ccccc3C(N)=O)c2)cc1F. The van der Waals surface area contributed by atoms with Gasteiger partial charge in [0, 0.05) is 11.3 Å². The van der Waals surface area contributed by atoms with E-state index in [9.17, 15) is 22.4 Å². The van der Waals surface area contributed by atoms with Gasteiger partial charge in [-0.15, -0.1) is 0 Å². The van der Waals surface area contributed by atoms with Crippen LogP contribution in [0.25, 0.3) is 0 Å². The minimum atomic E-state index is -4.05. The lowest BCUT2D eigenvalue weighted by molar-refractivity contribution is 0.100. The van der Waals surface area contributed by atoms with Crippen LogP contribution in [0.4, 0.5) is 15.8 Å². The molecule has 154 valence electrons. The number of para-hydroxylation sites is 1. The molecule has 0 heterocycles. The van der Waals surface area contributed by atoms with Crippen molar-refractivity contribution < 1.29 is 22.4 Å². The van der Waals surface area contributed by atoms with Gasteiger partial charge in [-0.25, -0.2) is 12.8 Å². The minimum Gasteiger partial charge on any atom is -0.366 e. The monoisotopic (exact) mass is 427 g/mol. The molecule has 0 saturated heterocycles. The van der Waals surface area contributed by atoms with Gasteiger partial charge in [-0.3, -0.25) is 14.3 Å². The van der Waals surface area contributed by atoms with Crippen LogP contribution in [0.1, 0.15) is 26.3 Å². The topological polar surface area (TPSA) is 118 Å². The van der Waals surface area contributed by atoms with E-state index in [0.717, 1.165) is 6.07 Å². The van der Waals surface area contributed by atoms with Crippen LogP contribution in [0.2, 0.25) is 0 Å². The summed E-state index contributed by atoms with van der Waals surface area (Å²) in [5.74, 6) is -1.90. The number of sulfonamides is 1. The number of amides is 2. The van der Waals surface area contributed by atoms with Crippen molar-refractivity contribution >= 4 is 33.2 Å². The standard InChI is InChI=1S/C21H18FN3O4S/c1-13-9-10-16(12-18(13)22)30(28,29)25-15-6-4-5-14(11-15)21(27)24-19-8-3-2-7-17(19)20(23)26/h2-12,25H,1H3,(H2,23,26)(H,24,27). The molecule has 30 heavy (non-hydrogen) atoms. The van der Waals surface area contributed by atoms with Crippen molar-refractivity contribution in [3.05, 3.63) is 89.2 Å². The van der Waals surface area contributed by atoms with E-state index in [-0.39, 0.29) is 27.4 Å². The molecule has 0 bridgehead atoms. The molecule has 0 atom stereocenters. The van der Waals surface area contributed by atoms with Gasteiger partial charge in [-0.2, -0.15) is 0 Å². The fraction of sp³-hybridized carbons (Fsp3) is 0.0476. The predicted octanol–water partition coefficient (Wildman–Crippen LogP) is 3.29. The Morgan fingerprint density at radius 2 is 1.70 bits per heavy atom. The van der Waals surface area contributed by atoms with Crippen molar-refractivity contribution in [2.24, 2.45) is 5.73 Å². The van der Waals surface area contributed by atoms with Crippen LogP contribution in [-0.2, 0) is 10.0 Å². The van der Waals surface area contributed by atoms with Crippen molar-refractivity contribution in [1.29, 1.82) is 0 Å². The van der Waals surface area contributed by atoms with Crippen LogP contribution in [0.5, 0.6) is 0 Å². The van der Waals surface area contributed by atoms with E-state index in [4.69, 9.17) is 5.73 Å². The summed E-state index contributed by atoms with van der Waals surface area (Å²) in [7, 11) is -4.05. The van der Waals surface area contributed by atoms with Gasteiger partial charge in [-0.1, -0.05) is 24.3 Å². The third-order valence-corrected chi connectivity index (χ3v) is 5.65. The number of benzene rings is 3. The number of hydrogen-bond donors (Lipinski definition) is 3. The summed E-state index contributed by atoms with van der Waals surface area (Å²) in [5, 5.41) is 2.58. The van der Waals surface area contributed by atoms with Gasteiger partial charge < -0.3 is 11.1 Å². The number of hydrogen-bond acceptors (Lipinski definition) is 4. The van der Waals surface area contributed by atoms with Crippen LogP contribution in [0.15, 0.2) is 71.6 Å². The summed E-state index contributed by atoms with van der Waals surface area (Å²) in [5.41, 5.74) is 6.26. The Labute approximate surface area is 172 Å². The first-order valence-electron chi connectivity index (χ1n) is 8.76. The molecule has 0 aliphatic rings. The molecule has 0 unspecified atom stereocenters. The summed E-state index contributed by atoms with van der Waals surface area (Å²) in [6, 6.07) is 15.6. The number of nitrogens with two attached hydrogens (primary N) is 1. The van der Waals surface area contributed by atoms with Crippen LogP contribution < -0.4 is 15.8 Å². The first-order valence-corrected chi connectivity index (χ1v) is 10.2. The van der Waals surface area contributed by atoms with Crippen molar-refractivity contribution in [2.45, 2.75) is 11.8 Å². The molecule has 3 aromatic rings. The highest BCUT2D eigenvalue weighted by Crippen LogP contribution is 2.21. The van der Waals surface area contributed by atoms with Crippen LogP contribution in [0.3, 0.4) is 0 Å². The number of anilines is 2. The lowest BCUT2D eigenvalue weighted by Gasteiger charge is -2.11. The molecule has 0 saturated carbocycles. The number of halogens is 1. The number of aryl methyl sites for hydroxylation is 1. The van der Waals surface area contributed by atoms with Gasteiger partial charge in [-0.05, 0) is 55.0 Å². The molecule has 9 heteroatoms. The molecule has 0 aliphatic carbocycles. The zero-order valence-electron chi connectivity index (χ0n) is 15.8. The second-order valence-corrected chi connectivity index (χ2v) is 8.14. The Bertz CT molecular complexity index is 1240. The Morgan fingerprint density at radius 1 is 0.967 bits per heavy atom. The van der Waals surface area contributed by atoms with Crippen molar-refractivity contribution in [3.8, 4) is 0 Å². The smallest absolute Gasteiger partial charge is 0.261 e. The molecule has 0 fully saturated rings. The number of carbonyl (C=O) groups is 2. The van der Waals surface area contributed by atoms with E-state index in [1.54, 1.807) is 12.1 Å². The molecule has 0 spiro atoms. The van der Waals surface area contributed by atoms with Gasteiger partial charge in [0.2, 0.25) is 0 Å². The van der Waals surface area contributed by atoms with E-state index in [0.29, 0.717) is 5.56 Å². The third-order valence-electron chi connectivity index (χ3n) is 4.27. The summed E-state index contributed by atoms with van der Waals surface area (Å²) in [6.45, 7) is 1.53. The average molecular weight is 427 g/mol. The summed E-state index contributed by atoms with van der Waals surface area (Å²) in [6.07, 6.45) is 0. The zero-order valence-corrected chi connectivity index (χ0v) is 16.7. The molecular weight excluding hydrogens is 409 g/mol. The fourth-order valence-electron chi connectivity index (χ4n) is 2.68. The number of carbonyl (C=O) groups excluding carboxylic acids is 2. The van der Waals surface area contributed by atoms with Gasteiger partial charge >= 0.3 is 0 Å². The third kappa shape index (κ3) is 4.64. The molecule has 2 amide bonds. The van der Waals surface area contributed by atoms with Gasteiger partial charge in [0.05, 0.1) is 16.1 Å². The van der Waals surface area contributed by atoms with Crippen molar-refractivity contribution in [1.82, 2.24) is 0 Å². The Hall–Kier alpha value is -3.72. The first-order chi connectivity index (χ1) is 14.2. The fourth-order valence-corrected chi connectivity index (χ4v) is 3.74. The highest BCUT2D eigenvalue weighted by Gasteiger charge is 2.17. The second kappa shape index (κ2) is 8.34. The quantitative estimate of drug-likeness (QED) is 0.559. The van der Waals surface area contributed by atoms with Gasteiger partial charge in [0.1, 0.15) is 5.82 Å². The Kier molecular flexibility index (Phi) is 5.84. The number of rotatable bonds is 6.